The Kier molecular flexibility index (Phi) is 3.90. The van der Waals surface area contributed by atoms with Gasteiger partial charge >= 0.3 is 12.1 Å². The number of nitrogens with zero attached hydrogens (tertiary/aromatic N) is 1. The van der Waals surface area contributed by atoms with E-state index in [2.05, 4.69) is 0 Å². The van der Waals surface area contributed by atoms with Gasteiger partial charge < -0.3 is 14.9 Å². The molecule has 1 rings (SSSR count). The minimum absolute atomic E-state index is 0.235. The first kappa shape index (κ1) is 14.8. The van der Waals surface area contributed by atoms with E-state index < -0.39 is 29.3 Å². The fourth-order valence-electron chi connectivity index (χ4n) is 2.25. The van der Waals surface area contributed by atoms with E-state index in [1.54, 1.807) is 20.8 Å². The van der Waals surface area contributed by atoms with E-state index in [-0.39, 0.29) is 13.0 Å². The molecule has 1 saturated heterocycles. The number of rotatable bonds is 2. The normalized spacial score (nSPS) is 25.9. The van der Waals surface area contributed by atoms with Crippen molar-refractivity contribution in [2.75, 3.05) is 6.54 Å². The maximum absolute atomic E-state index is 12.0. The molecule has 0 aromatic rings. The summed E-state index contributed by atoms with van der Waals surface area (Å²) in [4.78, 5) is 24.6. The van der Waals surface area contributed by atoms with Crippen LogP contribution in [0, 0.1) is 0 Å². The van der Waals surface area contributed by atoms with Crippen molar-refractivity contribution >= 4 is 12.1 Å². The third kappa shape index (κ3) is 2.58. The molecule has 1 aliphatic rings. The fraction of sp³-hybridized carbons (Fsp3) is 0.833. The van der Waals surface area contributed by atoms with Crippen molar-refractivity contribution in [3.8, 4) is 0 Å². The lowest BCUT2D eigenvalue weighted by atomic mass is 9.90. The smallest absolute Gasteiger partial charge is 0.411 e. The fourth-order valence-corrected chi connectivity index (χ4v) is 2.25. The summed E-state index contributed by atoms with van der Waals surface area (Å²) in [5.74, 6) is -1.19. The molecule has 0 aliphatic carbocycles. The van der Waals surface area contributed by atoms with E-state index in [0.29, 0.717) is 6.42 Å². The van der Waals surface area contributed by atoms with Gasteiger partial charge in [0, 0.05) is 6.54 Å². The molecule has 18 heavy (non-hydrogen) atoms. The monoisotopic (exact) mass is 259 g/mol. The van der Waals surface area contributed by atoms with Gasteiger partial charge in [0.15, 0.2) is 5.54 Å². The quantitative estimate of drug-likeness (QED) is 0.778. The third-order valence-electron chi connectivity index (χ3n) is 3.10. The highest BCUT2D eigenvalue weighted by atomic mass is 16.6. The maximum Gasteiger partial charge on any atom is 0.411 e. The highest BCUT2D eigenvalue weighted by Gasteiger charge is 2.54. The van der Waals surface area contributed by atoms with Gasteiger partial charge in [-0.3, -0.25) is 4.90 Å². The number of hydrogen-bond acceptors (Lipinski definition) is 4. The average Bonchev–Trinajstić information content (AvgIpc) is 2.59. The number of likely N-dealkylation sites (tertiary alicyclic amines) is 1. The van der Waals surface area contributed by atoms with E-state index in [0.717, 1.165) is 4.90 Å². The topological polar surface area (TPSA) is 87.1 Å². The Bertz CT molecular complexity index is 347. The lowest BCUT2D eigenvalue weighted by molar-refractivity contribution is -0.156. The van der Waals surface area contributed by atoms with E-state index in [9.17, 15) is 19.8 Å². The van der Waals surface area contributed by atoms with Gasteiger partial charge in [0.2, 0.25) is 0 Å². The number of carboxylic acid groups (broad SMARTS) is 1. The first-order valence-electron chi connectivity index (χ1n) is 6.03. The zero-order valence-corrected chi connectivity index (χ0v) is 11.3. The van der Waals surface area contributed by atoms with Crippen molar-refractivity contribution in [3.05, 3.63) is 0 Å². The summed E-state index contributed by atoms with van der Waals surface area (Å²) < 4.78 is 5.19. The van der Waals surface area contributed by atoms with Crippen molar-refractivity contribution in [1.29, 1.82) is 0 Å². The van der Waals surface area contributed by atoms with Gasteiger partial charge in [-0.05, 0) is 40.5 Å². The number of amides is 1. The number of hydrogen-bond donors (Lipinski definition) is 2. The molecule has 1 fully saturated rings. The van der Waals surface area contributed by atoms with Crippen molar-refractivity contribution in [2.24, 2.45) is 0 Å². The number of aliphatic carboxylic acids is 1. The molecule has 0 radical (unpaired) electrons. The van der Waals surface area contributed by atoms with Crippen LogP contribution in [0.3, 0.4) is 0 Å². The Hall–Kier alpha value is -1.30. The summed E-state index contributed by atoms with van der Waals surface area (Å²) in [6.45, 7) is 6.81. The Balaban J connectivity index is 3.00. The molecule has 1 amide bonds. The van der Waals surface area contributed by atoms with Crippen LogP contribution in [0.2, 0.25) is 0 Å². The van der Waals surface area contributed by atoms with Gasteiger partial charge in [0.25, 0.3) is 0 Å². The predicted molar refractivity (Wildman–Crippen MR) is 64.2 cm³/mol. The molecule has 0 spiro atoms. The average molecular weight is 259 g/mol. The van der Waals surface area contributed by atoms with Crippen molar-refractivity contribution in [1.82, 2.24) is 4.90 Å². The van der Waals surface area contributed by atoms with Crippen LogP contribution in [-0.4, -0.2) is 51.0 Å². The van der Waals surface area contributed by atoms with Gasteiger partial charge in [0.05, 0.1) is 6.10 Å². The first-order chi connectivity index (χ1) is 8.11. The molecule has 6 nitrogen and oxygen atoms in total. The summed E-state index contributed by atoms with van der Waals surface area (Å²) in [5.41, 5.74) is -2.26. The number of aliphatic hydroxyl groups excluding tert-OH is 1. The molecule has 0 aromatic carbocycles. The lowest BCUT2D eigenvalue weighted by Gasteiger charge is -2.37. The van der Waals surface area contributed by atoms with Crippen LogP contribution in [-0.2, 0) is 9.53 Å². The van der Waals surface area contributed by atoms with Crippen LogP contribution in [0.25, 0.3) is 0 Å². The first-order valence-corrected chi connectivity index (χ1v) is 6.03. The Morgan fingerprint density at radius 1 is 1.39 bits per heavy atom. The van der Waals surface area contributed by atoms with Crippen LogP contribution in [0.15, 0.2) is 0 Å². The van der Waals surface area contributed by atoms with E-state index in [4.69, 9.17) is 4.74 Å². The zero-order valence-electron chi connectivity index (χ0n) is 11.3. The Morgan fingerprint density at radius 2 is 1.94 bits per heavy atom. The van der Waals surface area contributed by atoms with Gasteiger partial charge in [-0.2, -0.15) is 0 Å². The highest BCUT2D eigenvalue weighted by molar-refractivity contribution is 5.86. The Labute approximate surface area is 107 Å². The molecule has 2 unspecified atom stereocenters. The molecule has 2 N–H and O–H groups in total. The summed E-state index contributed by atoms with van der Waals surface area (Å²) in [6.07, 6.45) is -1.07. The molecule has 1 aliphatic heterocycles. The van der Waals surface area contributed by atoms with Gasteiger partial charge in [-0.25, -0.2) is 9.59 Å². The summed E-state index contributed by atoms with van der Waals surface area (Å²) in [6, 6.07) is 0. The number of aliphatic hydroxyl groups is 1. The lowest BCUT2D eigenvalue weighted by Crippen LogP contribution is -2.60. The largest absolute Gasteiger partial charge is 0.479 e. The van der Waals surface area contributed by atoms with Gasteiger partial charge in [-0.1, -0.05) is 0 Å². The highest BCUT2D eigenvalue weighted by Crippen LogP contribution is 2.34. The molecule has 2 atom stereocenters. The molecule has 0 aromatic heterocycles. The summed E-state index contributed by atoms with van der Waals surface area (Å²) in [5, 5.41) is 19.1. The molecule has 1 heterocycles. The minimum atomic E-state index is -1.57. The van der Waals surface area contributed by atoms with Gasteiger partial charge in [0.1, 0.15) is 5.60 Å². The SMILES string of the molecule is CC(O)C1(C(=O)O)CCCN1C(=O)OC(C)(C)C. The number of ether oxygens (including phenoxy) is 1. The second-order valence-electron chi connectivity index (χ2n) is 5.64. The third-order valence-corrected chi connectivity index (χ3v) is 3.10. The van der Waals surface area contributed by atoms with Crippen LogP contribution in [0.1, 0.15) is 40.5 Å². The second kappa shape index (κ2) is 4.76. The van der Waals surface area contributed by atoms with E-state index in [1.165, 1.54) is 6.92 Å². The van der Waals surface area contributed by atoms with Crippen molar-refractivity contribution in [3.63, 3.8) is 0 Å². The molecule has 0 bridgehead atoms. The maximum atomic E-state index is 12.0. The second-order valence-corrected chi connectivity index (χ2v) is 5.64. The summed E-state index contributed by atoms with van der Waals surface area (Å²) >= 11 is 0. The molecular formula is C12H21NO5. The molecular weight excluding hydrogens is 238 g/mol. The van der Waals surface area contributed by atoms with Crippen LogP contribution in [0.5, 0.6) is 0 Å². The van der Waals surface area contributed by atoms with Crippen molar-refractivity contribution < 1.29 is 24.5 Å². The van der Waals surface area contributed by atoms with Crippen LogP contribution >= 0.6 is 0 Å². The van der Waals surface area contributed by atoms with Crippen molar-refractivity contribution in [2.45, 2.75) is 57.8 Å². The number of carboxylic acids is 1. The Morgan fingerprint density at radius 3 is 2.33 bits per heavy atom. The summed E-state index contributed by atoms with van der Waals surface area (Å²) in [7, 11) is 0. The van der Waals surface area contributed by atoms with E-state index >= 15 is 0 Å². The number of carbonyl (C=O) groups excluding carboxylic acids is 1. The zero-order chi connectivity index (χ0) is 14.1. The van der Waals surface area contributed by atoms with Crippen LogP contribution in [0.4, 0.5) is 4.79 Å². The molecule has 6 heteroatoms. The minimum Gasteiger partial charge on any atom is -0.479 e. The molecule has 104 valence electrons. The molecule has 0 saturated carbocycles. The number of carbonyl (C=O) groups is 2. The van der Waals surface area contributed by atoms with E-state index in [1.807, 2.05) is 0 Å². The van der Waals surface area contributed by atoms with Crippen LogP contribution < -0.4 is 0 Å². The predicted octanol–water partition coefficient (Wildman–Crippen LogP) is 1.22. The van der Waals surface area contributed by atoms with Gasteiger partial charge in [-0.15, -0.1) is 0 Å². The standard InChI is InChI=1S/C12H21NO5/c1-8(14)12(9(15)16)6-5-7-13(12)10(17)18-11(2,3)4/h8,14H,5-7H2,1-4H3,(H,15,16).